The first kappa shape index (κ1) is 15.4. The first-order valence-corrected chi connectivity index (χ1v) is 7.36. The Morgan fingerprint density at radius 1 is 0.950 bits per heavy atom. The number of hydrogen-bond acceptors (Lipinski definition) is 1. The molecule has 0 radical (unpaired) electrons. The van der Waals surface area contributed by atoms with Crippen molar-refractivity contribution in [2.24, 2.45) is 5.73 Å². The molecule has 0 fully saturated rings. The van der Waals surface area contributed by atoms with Crippen LogP contribution in [0.4, 0.5) is 0 Å². The lowest BCUT2D eigenvalue weighted by atomic mass is 9.81. The van der Waals surface area contributed by atoms with E-state index in [1.54, 1.807) is 6.07 Å². The van der Waals surface area contributed by atoms with Crippen molar-refractivity contribution in [1.29, 1.82) is 0 Å². The second-order valence-electron chi connectivity index (χ2n) is 5.99. The van der Waals surface area contributed by atoms with Crippen molar-refractivity contribution in [1.82, 2.24) is 0 Å². The molecule has 0 saturated carbocycles. The molecule has 2 N–H and O–H groups in total. The number of rotatable bonds is 2. The molecule has 20 heavy (non-hydrogen) atoms. The summed E-state index contributed by atoms with van der Waals surface area (Å²) in [6.07, 6.45) is 0. The summed E-state index contributed by atoms with van der Waals surface area (Å²) in [5, 5.41) is 1.08. The molecule has 0 aromatic heterocycles. The van der Waals surface area contributed by atoms with Crippen LogP contribution < -0.4 is 5.73 Å². The third-order valence-electron chi connectivity index (χ3n) is 3.41. The molecule has 0 aliphatic carbocycles. The van der Waals surface area contributed by atoms with Gasteiger partial charge in [0.2, 0.25) is 0 Å². The predicted molar refractivity (Wildman–Crippen MR) is 87.6 cm³/mol. The highest BCUT2D eigenvalue weighted by molar-refractivity contribution is 6.42. The quantitative estimate of drug-likeness (QED) is 0.796. The third-order valence-corrected chi connectivity index (χ3v) is 4.15. The van der Waals surface area contributed by atoms with Crippen LogP contribution in [0.3, 0.4) is 0 Å². The Labute approximate surface area is 130 Å². The summed E-state index contributed by atoms with van der Waals surface area (Å²) in [5.41, 5.74) is 9.82. The van der Waals surface area contributed by atoms with Crippen LogP contribution in [-0.4, -0.2) is 0 Å². The maximum absolute atomic E-state index is 6.43. The molecule has 0 spiro atoms. The molecule has 106 valence electrons. The molecule has 0 saturated heterocycles. The fourth-order valence-corrected chi connectivity index (χ4v) is 2.64. The van der Waals surface area contributed by atoms with Gasteiger partial charge >= 0.3 is 0 Å². The molecular formula is C17H19Cl2N. The molecule has 2 aromatic rings. The number of hydrogen-bond donors (Lipinski definition) is 1. The topological polar surface area (TPSA) is 26.0 Å². The van der Waals surface area contributed by atoms with E-state index in [4.69, 9.17) is 28.9 Å². The molecule has 1 nitrogen and oxygen atoms in total. The van der Waals surface area contributed by atoms with Gasteiger partial charge in [0, 0.05) is 0 Å². The van der Waals surface area contributed by atoms with Gasteiger partial charge in [0.25, 0.3) is 0 Å². The Hall–Kier alpha value is -1.02. The largest absolute Gasteiger partial charge is 0.320 e. The van der Waals surface area contributed by atoms with Gasteiger partial charge in [0.15, 0.2) is 0 Å². The molecule has 0 amide bonds. The first-order chi connectivity index (χ1) is 9.30. The summed E-state index contributed by atoms with van der Waals surface area (Å²) in [5.74, 6) is 0. The SMILES string of the molecule is CC(C)(C)c1ccccc1C(N)c1ccc(Cl)c(Cl)c1. The smallest absolute Gasteiger partial charge is 0.0595 e. The Balaban J connectivity index is 2.48. The van der Waals surface area contributed by atoms with Crippen LogP contribution in [0, 0.1) is 0 Å². The zero-order valence-electron chi connectivity index (χ0n) is 12.0. The molecule has 0 heterocycles. The van der Waals surface area contributed by atoms with Crippen molar-refractivity contribution in [3.8, 4) is 0 Å². The van der Waals surface area contributed by atoms with E-state index in [9.17, 15) is 0 Å². The normalized spacial score (nSPS) is 13.3. The fraction of sp³-hybridized carbons (Fsp3) is 0.294. The van der Waals surface area contributed by atoms with Crippen molar-refractivity contribution in [2.75, 3.05) is 0 Å². The second-order valence-corrected chi connectivity index (χ2v) is 6.80. The van der Waals surface area contributed by atoms with Crippen LogP contribution in [0.1, 0.15) is 43.5 Å². The summed E-state index contributed by atoms with van der Waals surface area (Å²) < 4.78 is 0. The van der Waals surface area contributed by atoms with E-state index in [0.717, 1.165) is 11.1 Å². The highest BCUT2D eigenvalue weighted by Gasteiger charge is 2.21. The molecule has 2 rings (SSSR count). The average Bonchev–Trinajstić information content (AvgIpc) is 2.40. The van der Waals surface area contributed by atoms with Gasteiger partial charge in [0.05, 0.1) is 16.1 Å². The number of benzene rings is 2. The molecular weight excluding hydrogens is 289 g/mol. The van der Waals surface area contributed by atoms with Crippen LogP contribution in [0.5, 0.6) is 0 Å². The number of halogens is 2. The van der Waals surface area contributed by atoms with Crippen molar-refractivity contribution in [3.05, 3.63) is 69.2 Å². The van der Waals surface area contributed by atoms with Crippen LogP contribution in [0.25, 0.3) is 0 Å². The lowest BCUT2D eigenvalue weighted by Gasteiger charge is -2.26. The third kappa shape index (κ3) is 3.17. The molecule has 1 unspecified atom stereocenters. The summed E-state index contributed by atoms with van der Waals surface area (Å²) in [7, 11) is 0. The molecule has 0 bridgehead atoms. The van der Waals surface area contributed by atoms with Gasteiger partial charge in [-0.2, -0.15) is 0 Å². The fourth-order valence-electron chi connectivity index (χ4n) is 2.34. The van der Waals surface area contributed by atoms with E-state index in [0.29, 0.717) is 10.0 Å². The van der Waals surface area contributed by atoms with E-state index in [2.05, 4.69) is 32.9 Å². The minimum absolute atomic E-state index is 0.0461. The lowest BCUT2D eigenvalue weighted by molar-refractivity contribution is 0.578. The number of nitrogens with two attached hydrogens (primary N) is 1. The summed E-state index contributed by atoms with van der Waals surface area (Å²) in [4.78, 5) is 0. The monoisotopic (exact) mass is 307 g/mol. The maximum Gasteiger partial charge on any atom is 0.0595 e. The van der Waals surface area contributed by atoms with Crippen LogP contribution in [0.2, 0.25) is 10.0 Å². The minimum atomic E-state index is -0.208. The van der Waals surface area contributed by atoms with E-state index in [-0.39, 0.29) is 11.5 Å². The van der Waals surface area contributed by atoms with E-state index >= 15 is 0 Å². The molecule has 0 aliphatic heterocycles. The highest BCUT2D eigenvalue weighted by atomic mass is 35.5. The second kappa shape index (κ2) is 5.77. The summed E-state index contributed by atoms with van der Waals surface area (Å²) in [6, 6.07) is 13.6. The van der Waals surface area contributed by atoms with E-state index in [1.807, 2.05) is 24.3 Å². The zero-order valence-corrected chi connectivity index (χ0v) is 13.5. The molecule has 0 aliphatic rings. The van der Waals surface area contributed by atoms with Gasteiger partial charge in [-0.1, -0.05) is 74.3 Å². The highest BCUT2D eigenvalue weighted by Crippen LogP contribution is 2.33. The summed E-state index contributed by atoms with van der Waals surface area (Å²) >= 11 is 12.1. The lowest BCUT2D eigenvalue weighted by Crippen LogP contribution is -2.20. The Bertz CT molecular complexity index is 615. The standard InChI is InChI=1S/C17H19Cl2N/c1-17(2,3)13-7-5-4-6-12(13)16(20)11-8-9-14(18)15(19)10-11/h4-10,16H,20H2,1-3H3. The van der Waals surface area contributed by atoms with E-state index in [1.165, 1.54) is 5.56 Å². The Morgan fingerprint density at radius 3 is 2.20 bits per heavy atom. The van der Waals surface area contributed by atoms with Crippen molar-refractivity contribution < 1.29 is 0 Å². The summed E-state index contributed by atoms with van der Waals surface area (Å²) in [6.45, 7) is 6.56. The van der Waals surface area contributed by atoms with Gasteiger partial charge in [-0.25, -0.2) is 0 Å². The minimum Gasteiger partial charge on any atom is -0.320 e. The maximum atomic E-state index is 6.43. The van der Waals surface area contributed by atoms with Crippen LogP contribution in [-0.2, 0) is 5.41 Å². The molecule has 1 atom stereocenters. The first-order valence-electron chi connectivity index (χ1n) is 6.60. The van der Waals surface area contributed by atoms with Gasteiger partial charge in [0.1, 0.15) is 0 Å². The Morgan fingerprint density at radius 2 is 1.60 bits per heavy atom. The van der Waals surface area contributed by atoms with Crippen molar-refractivity contribution in [3.63, 3.8) is 0 Å². The molecule has 3 heteroatoms. The zero-order chi connectivity index (χ0) is 14.9. The van der Waals surface area contributed by atoms with Crippen molar-refractivity contribution >= 4 is 23.2 Å². The van der Waals surface area contributed by atoms with Gasteiger partial charge in [-0.05, 0) is 34.2 Å². The van der Waals surface area contributed by atoms with E-state index < -0.39 is 0 Å². The predicted octanol–water partition coefficient (Wildman–Crippen LogP) is 5.34. The Kier molecular flexibility index (Phi) is 4.43. The average molecular weight is 308 g/mol. The van der Waals surface area contributed by atoms with Gasteiger partial charge in [-0.3, -0.25) is 0 Å². The van der Waals surface area contributed by atoms with Crippen molar-refractivity contribution in [2.45, 2.75) is 32.2 Å². The van der Waals surface area contributed by atoms with Crippen LogP contribution >= 0.6 is 23.2 Å². The molecule has 2 aromatic carbocycles. The van der Waals surface area contributed by atoms with Crippen LogP contribution in [0.15, 0.2) is 42.5 Å². The van der Waals surface area contributed by atoms with Gasteiger partial charge < -0.3 is 5.73 Å². The van der Waals surface area contributed by atoms with Gasteiger partial charge in [-0.15, -0.1) is 0 Å².